The van der Waals surface area contributed by atoms with Gasteiger partial charge in [-0.15, -0.1) is 0 Å². The van der Waals surface area contributed by atoms with E-state index in [1.54, 1.807) is 0 Å². The van der Waals surface area contributed by atoms with Gasteiger partial charge in [-0.25, -0.2) is 4.39 Å². The Balaban J connectivity index is 2.02. The van der Waals surface area contributed by atoms with Gasteiger partial charge in [0.15, 0.2) is 0 Å². The maximum atomic E-state index is 13.6. The molecule has 1 fully saturated rings. The molecule has 104 valence electrons. The number of carbonyl (C=O) groups is 1. The second kappa shape index (κ2) is 5.99. The average molecular weight is 267 g/mol. The topological polar surface area (TPSA) is 62.4 Å². The van der Waals surface area contributed by atoms with Crippen LogP contribution in [0, 0.1) is 5.82 Å². The van der Waals surface area contributed by atoms with E-state index in [0.717, 1.165) is 0 Å². The summed E-state index contributed by atoms with van der Waals surface area (Å²) in [6.45, 7) is 3.26. The van der Waals surface area contributed by atoms with E-state index >= 15 is 0 Å². The Morgan fingerprint density at radius 1 is 1.42 bits per heavy atom. The summed E-state index contributed by atoms with van der Waals surface area (Å²) in [4.78, 5) is 12.0. The molecule has 0 radical (unpaired) electrons. The van der Waals surface area contributed by atoms with E-state index in [9.17, 15) is 9.18 Å². The van der Waals surface area contributed by atoms with Crippen molar-refractivity contribution >= 4 is 11.6 Å². The minimum absolute atomic E-state index is 0.129. The molecule has 3 N–H and O–H groups in total. The fourth-order valence-electron chi connectivity index (χ4n) is 1.91. The van der Waals surface area contributed by atoms with Crippen molar-refractivity contribution in [3.63, 3.8) is 0 Å². The molecule has 0 bridgehead atoms. The fraction of sp³-hybridized carbons (Fsp3) is 0.462. The first-order valence-electron chi connectivity index (χ1n) is 6.21. The number of piperazine rings is 1. The first-order valence-corrected chi connectivity index (χ1v) is 6.21. The molecular weight excluding hydrogens is 249 g/mol. The summed E-state index contributed by atoms with van der Waals surface area (Å²) in [5.74, 6) is -0.238. The SMILES string of the molecule is COc1ccc(F)c(NC(=O)C2CNC(C)CN2)c1. The molecule has 2 rings (SSSR count). The highest BCUT2D eigenvalue weighted by Crippen LogP contribution is 2.21. The maximum Gasteiger partial charge on any atom is 0.242 e. The van der Waals surface area contributed by atoms with Crippen LogP contribution in [-0.2, 0) is 4.79 Å². The molecule has 0 saturated carbocycles. The van der Waals surface area contributed by atoms with Gasteiger partial charge in [0.2, 0.25) is 5.91 Å². The van der Waals surface area contributed by atoms with E-state index in [2.05, 4.69) is 16.0 Å². The molecule has 1 heterocycles. The van der Waals surface area contributed by atoms with Gasteiger partial charge in [-0.3, -0.25) is 4.79 Å². The first kappa shape index (κ1) is 13.8. The predicted molar refractivity (Wildman–Crippen MR) is 70.8 cm³/mol. The molecule has 1 aromatic rings. The van der Waals surface area contributed by atoms with Gasteiger partial charge in [0.05, 0.1) is 18.8 Å². The van der Waals surface area contributed by atoms with Crippen molar-refractivity contribution in [2.75, 3.05) is 25.5 Å². The number of hydrogen-bond acceptors (Lipinski definition) is 4. The highest BCUT2D eigenvalue weighted by atomic mass is 19.1. The van der Waals surface area contributed by atoms with Crippen molar-refractivity contribution in [2.45, 2.75) is 19.0 Å². The lowest BCUT2D eigenvalue weighted by atomic mass is 10.1. The average Bonchev–Trinajstić information content (AvgIpc) is 2.42. The van der Waals surface area contributed by atoms with Crippen LogP contribution in [0.4, 0.5) is 10.1 Å². The van der Waals surface area contributed by atoms with E-state index in [4.69, 9.17) is 4.74 Å². The molecule has 2 unspecified atom stereocenters. The summed E-state index contributed by atoms with van der Waals surface area (Å²) in [5.41, 5.74) is 0.129. The smallest absolute Gasteiger partial charge is 0.242 e. The number of methoxy groups -OCH3 is 1. The quantitative estimate of drug-likeness (QED) is 0.755. The highest BCUT2D eigenvalue weighted by Gasteiger charge is 2.23. The molecule has 1 aromatic carbocycles. The molecule has 6 heteroatoms. The van der Waals surface area contributed by atoms with Crippen LogP contribution in [0.3, 0.4) is 0 Å². The lowest BCUT2D eigenvalue weighted by molar-refractivity contribution is -0.118. The number of amides is 1. The van der Waals surface area contributed by atoms with Crippen LogP contribution in [0.1, 0.15) is 6.92 Å². The normalized spacial score (nSPS) is 22.9. The molecule has 1 aliphatic heterocycles. The van der Waals surface area contributed by atoms with E-state index in [-0.39, 0.29) is 17.6 Å². The lowest BCUT2D eigenvalue weighted by Gasteiger charge is -2.28. The summed E-state index contributed by atoms with van der Waals surface area (Å²) >= 11 is 0. The van der Waals surface area contributed by atoms with Crippen LogP contribution in [0.5, 0.6) is 5.75 Å². The number of benzene rings is 1. The first-order chi connectivity index (χ1) is 9.10. The van der Waals surface area contributed by atoms with Gasteiger partial charge < -0.3 is 20.7 Å². The molecule has 1 aliphatic rings. The minimum atomic E-state index is -0.480. The van der Waals surface area contributed by atoms with Gasteiger partial charge in [0.25, 0.3) is 0 Å². The second-order valence-electron chi connectivity index (χ2n) is 4.61. The third-order valence-electron chi connectivity index (χ3n) is 3.09. The lowest BCUT2D eigenvalue weighted by Crippen LogP contribution is -2.57. The Labute approximate surface area is 111 Å². The standard InChI is InChI=1S/C13H18FN3O2/c1-8-6-16-12(7-15-8)13(18)17-11-5-9(19-2)3-4-10(11)14/h3-5,8,12,15-16H,6-7H2,1-2H3,(H,17,18). The van der Waals surface area contributed by atoms with Crippen molar-refractivity contribution in [1.29, 1.82) is 0 Å². The number of ether oxygens (including phenoxy) is 1. The summed E-state index contributed by atoms with van der Waals surface area (Å²) in [7, 11) is 1.49. The van der Waals surface area contributed by atoms with Crippen molar-refractivity contribution in [1.82, 2.24) is 10.6 Å². The van der Waals surface area contributed by atoms with Gasteiger partial charge >= 0.3 is 0 Å². The molecule has 5 nitrogen and oxygen atoms in total. The van der Waals surface area contributed by atoms with Crippen LogP contribution in [0.15, 0.2) is 18.2 Å². The zero-order chi connectivity index (χ0) is 13.8. The summed E-state index contributed by atoms with van der Waals surface area (Å²) in [6, 6.07) is 4.21. The van der Waals surface area contributed by atoms with E-state index in [1.165, 1.54) is 25.3 Å². The number of anilines is 1. The Morgan fingerprint density at radius 2 is 2.21 bits per heavy atom. The zero-order valence-electron chi connectivity index (χ0n) is 11.0. The number of rotatable bonds is 3. The molecule has 2 atom stereocenters. The Bertz CT molecular complexity index is 459. The van der Waals surface area contributed by atoms with Gasteiger partial charge in [-0.05, 0) is 19.1 Å². The fourth-order valence-corrected chi connectivity index (χ4v) is 1.91. The maximum absolute atomic E-state index is 13.6. The Morgan fingerprint density at radius 3 is 2.84 bits per heavy atom. The largest absolute Gasteiger partial charge is 0.497 e. The predicted octanol–water partition coefficient (Wildman–Crippen LogP) is 0.723. The minimum Gasteiger partial charge on any atom is -0.497 e. The van der Waals surface area contributed by atoms with Crippen LogP contribution in [0.25, 0.3) is 0 Å². The van der Waals surface area contributed by atoms with Crippen LogP contribution >= 0.6 is 0 Å². The van der Waals surface area contributed by atoms with Crippen LogP contribution < -0.4 is 20.7 Å². The van der Waals surface area contributed by atoms with E-state index < -0.39 is 5.82 Å². The third-order valence-corrected chi connectivity index (χ3v) is 3.09. The van der Waals surface area contributed by atoms with Gasteiger partial charge in [0.1, 0.15) is 11.6 Å². The van der Waals surface area contributed by atoms with Crippen LogP contribution in [0.2, 0.25) is 0 Å². The van der Waals surface area contributed by atoms with Crippen LogP contribution in [-0.4, -0.2) is 38.2 Å². The third kappa shape index (κ3) is 3.42. The molecule has 1 amide bonds. The Kier molecular flexibility index (Phi) is 4.34. The number of carbonyl (C=O) groups excluding carboxylic acids is 1. The molecule has 19 heavy (non-hydrogen) atoms. The van der Waals surface area contributed by atoms with Crippen molar-refractivity contribution in [3.05, 3.63) is 24.0 Å². The monoisotopic (exact) mass is 267 g/mol. The number of halogens is 1. The molecular formula is C13H18FN3O2. The van der Waals surface area contributed by atoms with Crippen molar-refractivity contribution in [3.8, 4) is 5.75 Å². The summed E-state index contributed by atoms with van der Waals surface area (Å²) in [6.07, 6.45) is 0. The van der Waals surface area contributed by atoms with Crippen molar-refractivity contribution < 1.29 is 13.9 Å². The second-order valence-corrected chi connectivity index (χ2v) is 4.61. The molecule has 0 spiro atoms. The number of nitrogens with one attached hydrogen (secondary N) is 3. The molecule has 0 aromatic heterocycles. The highest BCUT2D eigenvalue weighted by molar-refractivity contribution is 5.95. The summed E-state index contributed by atoms with van der Waals surface area (Å²) in [5, 5.41) is 8.88. The zero-order valence-corrected chi connectivity index (χ0v) is 11.0. The molecule has 0 aliphatic carbocycles. The van der Waals surface area contributed by atoms with Gasteiger partial charge in [-0.1, -0.05) is 0 Å². The summed E-state index contributed by atoms with van der Waals surface area (Å²) < 4.78 is 18.6. The van der Waals surface area contributed by atoms with E-state index in [0.29, 0.717) is 24.9 Å². The Hall–Kier alpha value is -1.66. The van der Waals surface area contributed by atoms with E-state index in [1.807, 2.05) is 6.92 Å². The van der Waals surface area contributed by atoms with Crippen molar-refractivity contribution in [2.24, 2.45) is 0 Å². The number of hydrogen-bond donors (Lipinski definition) is 3. The van der Waals surface area contributed by atoms with Gasteiger partial charge in [0, 0.05) is 25.2 Å². The van der Waals surface area contributed by atoms with Gasteiger partial charge in [-0.2, -0.15) is 0 Å². The molecule has 1 saturated heterocycles.